The summed E-state index contributed by atoms with van der Waals surface area (Å²) < 4.78 is 17.2. The number of amides is 3. The molecular weight excluding hydrogens is 426 g/mol. The number of fused-ring (bicyclic) bond motifs is 3. The van der Waals surface area contributed by atoms with Crippen molar-refractivity contribution in [2.45, 2.75) is 37.1 Å². The largest absolute Gasteiger partial charge is 0.497 e. The molecule has 0 aromatic heterocycles. The van der Waals surface area contributed by atoms with E-state index in [-0.39, 0.29) is 43.1 Å². The number of nitrogens with zero attached hydrogens (tertiary/aromatic N) is 1. The summed E-state index contributed by atoms with van der Waals surface area (Å²) in [5.41, 5.74) is 2.20. The van der Waals surface area contributed by atoms with Crippen LogP contribution >= 0.6 is 0 Å². The minimum Gasteiger partial charge on any atom is -0.497 e. The van der Waals surface area contributed by atoms with Crippen molar-refractivity contribution in [3.8, 4) is 11.5 Å². The molecule has 4 rings (SSSR count). The Labute approximate surface area is 192 Å². The lowest BCUT2D eigenvalue weighted by Crippen LogP contribution is -2.47. The lowest BCUT2D eigenvalue weighted by molar-refractivity contribution is -0.147. The van der Waals surface area contributed by atoms with Crippen LogP contribution in [0.5, 0.6) is 11.5 Å². The van der Waals surface area contributed by atoms with E-state index in [2.05, 4.69) is 10.6 Å². The zero-order valence-electron chi connectivity index (χ0n) is 18.9. The normalized spacial score (nSPS) is 23.0. The van der Waals surface area contributed by atoms with Crippen molar-refractivity contribution < 1.29 is 28.9 Å². The number of aliphatic hydroxyl groups is 1. The van der Waals surface area contributed by atoms with Gasteiger partial charge in [0.1, 0.15) is 23.7 Å². The van der Waals surface area contributed by atoms with Crippen LogP contribution < -0.4 is 20.1 Å². The van der Waals surface area contributed by atoms with Crippen LogP contribution in [0.25, 0.3) is 0 Å². The van der Waals surface area contributed by atoms with Gasteiger partial charge in [-0.3, -0.25) is 4.79 Å². The van der Waals surface area contributed by atoms with Crippen LogP contribution in [0.15, 0.2) is 42.5 Å². The van der Waals surface area contributed by atoms with E-state index in [1.807, 2.05) is 12.1 Å². The highest BCUT2D eigenvalue weighted by Crippen LogP contribution is 2.47. The molecule has 0 bridgehead atoms. The molecule has 1 saturated heterocycles. The fourth-order valence-electron chi connectivity index (χ4n) is 4.31. The predicted molar refractivity (Wildman–Crippen MR) is 123 cm³/mol. The third-order valence-electron chi connectivity index (χ3n) is 6.01. The summed E-state index contributed by atoms with van der Waals surface area (Å²) in [6, 6.07) is 12.1. The number of anilines is 2. The third kappa shape index (κ3) is 5.04. The van der Waals surface area contributed by atoms with E-state index >= 15 is 0 Å². The second-order valence-corrected chi connectivity index (χ2v) is 8.46. The summed E-state index contributed by atoms with van der Waals surface area (Å²) in [4.78, 5) is 26.2. The minimum atomic E-state index is -0.522. The number of carbonyl (C=O) groups is 2. The molecule has 33 heavy (non-hydrogen) atoms. The smallest absolute Gasteiger partial charge is 0.323 e. The number of hydrogen-bond acceptors (Lipinski definition) is 6. The van der Waals surface area contributed by atoms with Gasteiger partial charge in [0.25, 0.3) is 0 Å². The van der Waals surface area contributed by atoms with Gasteiger partial charge in [-0.2, -0.15) is 0 Å². The summed E-state index contributed by atoms with van der Waals surface area (Å²) in [5, 5.41) is 15.5. The van der Waals surface area contributed by atoms with Gasteiger partial charge in [-0.05, 0) is 48.9 Å². The number of hydrogen-bond donors (Lipinski definition) is 3. The van der Waals surface area contributed by atoms with Crippen LogP contribution in [0, 0.1) is 0 Å². The number of methoxy groups -OCH3 is 1. The number of urea groups is 1. The van der Waals surface area contributed by atoms with Gasteiger partial charge in [-0.1, -0.05) is 0 Å². The fraction of sp³-hybridized carbons (Fsp3) is 0.417. The molecule has 9 nitrogen and oxygen atoms in total. The third-order valence-corrected chi connectivity index (χ3v) is 6.01. The maximum atomic E-state index is 12.5. The van der Waals surface area contributed by atoms with E-state index in [0.29, 0.717) is 29.3 Å². The Hall–Kier alpha value is -3.30. The van der Waals surface area contributed by atoms with Gasteiger partial charge in [0.05, 0.1) is 26.2 Å². The molecule has 0 saturated carbocycles. The van der Waals surface area contributed by atoms with E-state index < -0.39 is 6.10 Å². The highest BCUT2D eigenvalue weighted by Gasteiger charge is 2.46. The Kier molecular flexibility index (Phi) is 6.71. The maximum absolute atomic E-state index is 12.5. The van der Waals surface area contributed by atoms with Gasteiger partial charge in [0.15, 0.2) is 0 Å². The summed E-state index contributed by atoms with van der Waals surface area (Å²) in [6.07, 6.45) is -0.340. The molecule has 2 aliphatic rings. The molecule has 2 heterocycles. The lowest BCUT2D eigenvalue weighted by Gasteiger charge is -2.37. The number of benzene rings is 2. The molecular formula is C24H29N3O6. The molecule has 2 aliphatic heterocycles. The quantitative estimate of drug-likeness (QED) is 0.618. The predicted octanol–water partition coefficient (Wildman–Crippen LogP) is 2.81. The van der Waals surface area contributed by atoms with Crippen LogP contribution in [0.4, 0.5) is 16.2 Å². The number of ether oxygens (including phenoxy) is 3. The average Bonchev–Trinajstić information content (AvgIpc) is 3.17. The minimum absolute atomic E-state index is 0.0279. The van der Waals surface area contributed by atoms with Gasteiger partial charge in [0.2, 0.25) is 5.91 Å². The zero-order chi connectivity index (χ0) is 23.5. The van der Waals surface area contributed by atoms with Crippen molar-refractivity contribution in [1.82, 2.24) is 4.90 Å². The van der Waals surface area contributed by atoms with E-state index in [0.717, 1.165) is 5.56 Å². The molecule has 2 aromatic rings. The number of rotatable bonds is 6. The molecule has 0 radical (unpaired) electrons. The van der Waals surface area contributed by atoms with Crippen molar-refractivity contribution in [2.24, 2.45) is 0 Å². The molecule has 176 valence electrons. The highest BCUT2D eigenvalue weighted by molar-refractivity contribution is 5.99. The topological polar surface area (TPSA) is 109 Å². The van der Waals surface area contributed by atoms with E-state index in [1.54, 1.807) is 51.5 Å². The first kappa shape index (κ1) is 22.9. The molecule has 2 aromatic carbocycles. The Morgan fingerprint density at radius 2 is 1.82 bits per heavy atom. The second kappa shape index (κ2) is 9.68. The molecule has 9 heteroatoms. The van der Waals surface area contributed by atoms with Crippen molar-refractivity contribution in [3.63, 3.8) is 0 Å². The fourth-order valence-corrected chi connectivity index (χ4v) is 4.31. The van der Waals surface area contributed by atoms with E-state index in [4.69, 9.17) is 14.2 Å². The van der Waals surface area contributed by atoms with Gasteiger partial charge < -0.3 is 34.9 Å². The molecule has 3 amide bonds. The van der Waals surface area contributed by atoms with Crippen molar-refractivity contribution in [2.75, 3.05) is 38.4 Å². The lowest BCUT2D eigenvalue weighted by atomic mass is 9.84. The molecule has 1 fully saturated rings. The second-order valence-electron chi connectivity index (χ2n) is 8.46. The molecule has 4 atom stereocenters. The first-order valence-electron chi connectivity index (χ1n) is 10.9. The average molecular weight is 456 g/mol. The van der Waals surface area contributed by atoms with Crippen molar-refractivity contribution in [3.05, 3.63) is 48.0 Å². The number of nitrogens with one attached hydrogen (secondary N) is 2. The van der Waals surface area contributed by atoms with Crippen molar-refractivity contribution >= 4 is 23.3 Å². The SMILES string of the molecule is COc1ccc(NC(=O)Nc2ccc3c(c2)[C@@H]2C[C@@H](CC(=O)N(C)C)O[C@@H](CO)[C@@H]2O3)cc1. The number of aliphatic hydroxyl groups excluding tert-OH is 1. The van der Waals surface area contributed by atoms with Crippen LogP contribution in [-0.4, -0.2) is 68.1 Å². The standard InChI is InChI=1S/C24H29N3O6/c1-27(2)22(29)12-17-11-19-18-10-15(6-9-20(18)33-23(19)21(13-28)32-17)26-24(30)25-14-4-7-16(31-3)8-5-14/h4-10,17,19,21,23,28H,11-13H2,1-3H3,(H2,25,26,30)/t17-,19-,21-,23+/m0/s1. The summed E-state index contributed by atoms with van der Waals surface area (Å²) >= 11 is 0. The van der Waals surface area contributed by atoms with Crippen LogP contribution in [-0.2, 0) is 9.53 Å². The Morgan fingerprint density at radius 1 is 1.12 bits per heavy atom. The summed E-state index contributed by atoms with van der Waals surface area (Å²) in [6.45, 7) is -0.197. The first-order valence-corrected chi connectivity index (χ1v) is 10.9. The molecule has 0 spiro atoms. The van der Waals surface area contributed by atoms with Gasteiger partial charge >= 0.3 is 6.03 Å². The molecule has 3 N–H and O–H groups in total. The van der Waals surface area contributed by atoms with E-state index in [9.17, 15) is 14.7 Å². The summed E-state index contributed by atoms with van der Waals surface area (Å²) in [5.74, 6) is 1.34. The molecule has 0 unspecified atom stereocenters. The van der Waals surface area contributed by atoms with Gasteiger partial charge in [-0.25, -0.2) is 4.79 Å². The van der Waals surface area contributed by atoms with Gasteiger partial charge in [-0.15, -0.1) is 0 Å². The number of carbonyl (C=O) groups excluding carboxylic acids is 2. The van der Waals surface area contributed by atoms with Crippen LogP contribution in [0.1, 0.15) is 24.3 Å². The van der Waals surface area contributed by atoms with Crippen LogP contribution in [0.3, 0.4) is 0 Å². The molecule has 0 aliphatic carbocycles. The Bertz CT molecular complexity index is 1010. The monoisotopic (exact) mass is 455 g/mol. The zero-order valence-corrected chi connectivity index (χ0v) is 18.9. The highest BCUT2D eigenvalue weighted by atomic mass is 16.6. The summed E-state index contributed by atoms with van der Waals surface area (Å²) in [7, 11) is 5.00. The maximum Gasteiger partial charge on any atom is 0.323 e. The Morgan fingerprint density at radius 3 is 2.48 bits per heavy atom. The Balaban J connectivity index is 1.46. The first-order chi connectivity index (χ1) is 15.9. The van der Waals surface area contributed by atoms with Gasteiger partial charge in [0, 0.05) is 37.0 Å². The van der Waals surface area contributed by atoms with Crippen molar-refractivity contribution in [1.29, 1.82) is 0 Å². The van der Waals surface area contributed by atoms with E-state index in [1.165, 1.54) is 4.90 Å². The van der Waals surface area contributed by atoms with Crippen LogP contribution in [0.2, 0.25) is 0 Å².